The van der Waals surface area contributed by atoms with Gasteiger partial charge in [0.2, 0.25) is 0 Å². The van der Waals surface area contributed by atoms with E-state index in [9.17, 15) is 0 Å². The van der Waals surface area contributed by atoms with Gasteiger partial charge in [0.05, 0.1) is 0 Å². The number of hydrogen-bond donors (Lipinski definition) is 0. The molecule has 3 aromatic heterocycles. The van der Waals surface area contributed by atoms with Crippen molar-refractivity contribution < 1.29 is 0 Å². The van der Waals surface area contributed by atoms with Gasteiger partial charge in [-0.05, 0) is 100 Å². The van der Waals surface area contributed by atoms with Crippen molar-refractivity contribution in [3.8, 4) is 0 Å². The zero-order valence-corrected chi connectivity index (χ0v) is 31.2. The van der Waals surface area contributed by atoms with Crippen molar-refractivity contribution in [3.05, 3.63) is 132 Å². The molecule has 258 valence electrons. The molecule has 4 heterocycles. The van der Waals surface area contributed by atoms with Crippen LogP contribution in [-0.2, 0) is 10.8 Å². The number of benzene rings is 1. The second kappa shape index (κ2) is 14.2. The van der Waals surface area contributed by atoms with Crippen LogP contribution in [0.5, 0.6) is 0 Å². The van der Waals surface area contributed by atoms with Crippen LogP contribution in [0.3, 0.4) is 0 Å². The van der Waals surface area contributed by atoms with E-state index in [2.05, 4.69) is 151 Å². The normalized spacial score (nSPS) is 17.8. The average Bonchev–Trinajstić information content (AvgIpc) is 3.11. The standard InChI is InChI=1S/C44H52N6/c1-30(2)44(8,9)36-18-24-40(48-29-36)49(39-12-10-11-25-45-39)37-19-14-33(15-20-37)34-16-21-38(32(4)26-34)50(41-22-13-31(3)27-46-41)42-23-17-35(28-47-42)43(5,6)7/h10-11,13-25,27-30,32,39H,12,26H2,1-9H3. The van der Waals surface area contributed by atoms with Gasteiger partial charge in [-0.3, -0.25) is 9.89 Å². The Morgan fingerprint density at radius 3 is 1.92 bits per heavy atom. The molecule has 2 aliphatic rings. The molecule has 6 nitrogen and oxygen atoms in total. The van der Waals surface area contributed by atoms with Crippen molar-refractivity contribution in [1.29, 1.82) is 0 Å². The van der Waals surface area contributed by atoms with Gasteiger partial charge >= 0.3 is 0 Å². The summed E-state index contributed by atoms with van der Waals surface area (Å²) in [6.07, 6.45) is 18.3. The van der Waals surface area contributed by atoms with E-state index in [0.717, 1.165) is 41.5 Å². The molecule has 0 spiro atoms. The Bertz CT molecular complexity index is 1890. The van der Waals surface area contributed by atoms with Gasteiger partial charge < -0.3 is 4.90 Å². The lowest BCUT2D eigenvalue weighted by Crippen LogP contribution is -2.31. The van der Waals surface area contributed by atoms with E-state index in [0.29, 0.717) is 5.92 Å². The monoisotopic (exact) mass is 664 g/mol. The molecule has 0 radical (unpaired) electrons. The number of hydrogen-bond acceptors (Lipinski definition) is 6. The van der Waals surface area contributed by atoms with Crippen molar-refractivity contribution in [1.82, 2.24) is 15.0 Å². The fourth-order valence-electron chi connectivity index (χ4n) is 6.48. The molecule has 6 rings (SSSR count). The fourth-order valence-corrected chi connectivity index (χ4v) is 6.48. The third-order valence-electron chi connectivity index (χ3n) is 10.5. The Balaban J connectivity index is 1.31. The third-order valence-corrected chi connectivity index (χ3v) is 10.5. The molecule has 6 heteroatoms. The molecule has 4 aromatic rings. The third kappa shape index (κ3) is 7.35. The van der Waals surface area contributed by atoms with E-state index in [1.54, 1.807) is 0 Å². The highest BCUT2D eigenvalue weighted by Crippen LogP contribution is 2.40. The summed E-state index contributed by atoms with van der Waals surface area (Å²) in [6, 6.07) is 21.8. The van der Waals surface area contributed by atoms with Gasteiger partial charge in [-0.2, -0.15) is 0 Å². The summed E-state index contributed by atoms with van der Waals surface area (Å²) in [5, 5.41) is 0. The van der Waals surface area contributed by atoms with Gasteiger partial charge in [-0.25, -0.2) is 15.0 Å². The maximum Gasteiger partial charge on any atom is 0.138 e. The van der Waals surface area contributed by atoms with Crippen LogP contribution in [0.15, 0.2) is 114 Å². The zero-order valence-electron chi connectivity index (χ0n) is 31.2. The number of aliphatic imine (C=N–C) groups is 1. The molecule has 2 unspecified atom stereocenters. The average molecular weight is 665 g/mol. The molecule has 1 aromatic carbocycles. The Morgan fingerprint density at radius 2 is 1.38 bits per heavy atom. The molecule has 0 amide bonds. The Kier molecular flexibility index (Phi) is 9.93. The first-order chi connectivity index (χ1) is 23.8. The number of rotatable bonds is 9. The molecule has 1 aliphatic heterocycles. The minimum atomic E-state index is -0.0471. The second-order valence-corrected chi connectivity index (χ2v) is 15.7. The molecular formula is C44H52N6. The Hall–Kier alpha value is -4.84. The summed E-state index contributed by atoms with van der Waals surface area (Å²) in [4.78, 5) is 24.1. The lowest BCUT2D eigenvalue weighted by Gasteiger charge is -2.33. The van der Waals surface area contributed by atoms with Gasteiger partial charge in [0.15, 0.2) is 0 Å². The maximum atomic E-state index is 4.99. The van der Waals surface area contributed by atoms with Crippen molar-refractivity contribution in [2.24, 2.45) is 16.8 Å². The molecule has 0 fully saturated rings. The SMILES string of the molecule is Cc1ccc(N(C2=CC=C(c3ccc(N(c4ccc(C(C)(C)C(C)C)cn4)C4CC=CC=N4)cc3)CC2C)c2ccc(C(C)(C)C)cn2)nc1. The summed E-state index contributed by atoms with van der Waals surface area (Å²) in [5.74, 6) is 3.42. The van der Waals surface area contributed by atoms with Crippen molar-refractivity contribution in [2.75, 3.05) is 9.80 Å². The van der Waals surface area contributed by atoms with Crippen molar-refractivity contribution in [2.45, 2.75) is 92.2 Å². The topological polar surface area (TPSA) is 57.5 Å². The zero-order chi connectivity index (χ0) is 35.6. The fraction of sp³-hybridized carbons (Fsp3) is 0.364. The number of aryl methyl sites for hydroxylation is 1. The van der Waals surface area contributed by atoms with E-state index in [1.807, 2.05) is 30.9 Å². The van der Waals surface area contributed by atoms with E-state index >= 15 is 0 Å². The number of dihydropyridines is 1. The number of anilines is 4. The number of nitrogens with zero attached hydrogens (tertiary/aromatic N) is 6. The maximum absolute atomic E-state index is 4.99. The van der Waals surface area contributed by atoms with Gasteiger partial charge in [-0.1, -0.05) is 97.9 Å². The van der Waals surface area contributed by atoms with Gasteiger partial charge in [0.1, 0.15) is 23.6 Å². The highest BCUT2D eigenvalue weighted by molar-refractivity contribution is 5.76. The van der Waals surface area contributed by atoms with Gasteiger partial charge in [0, 0.05) is 48.5 Å². The molecule has 2 atom stereocenters. The molecular weight excluding hydrogens is 613 g/mol. The van der Waals surface area contributed by atoms with Crippen LogP contribution in [0.1, 0.15) is 90.5 Å². The van der Waals surface area contributed by atoms with Crippen molar-refractivity contribution >= 4 is 34.9 Å². The predicted molar refractivity (Wildman–Crippen MR) is 211 cm³/mol. The second-order valence-electron chi connectivity index (χ2n) is 15.7. The van der Waals surface area contributed by atoms with Crippen molar-refractivity contribution in [3.63, 3.8) is 0 Å². The summed E-state index contributed by atoms with van der Waals surface area (Å²) in [5.41, 5.74) is 8.47. The first-order valence-corrected chi connectivity index (χ1v) is 18.0. The summed E-state index contributed by atoms with van der Waals surface area (Å²) >= 11 is 0. The molecule has 0 saturated heterocycles. The highest BCUT2D eigenvalue weighted by atomic mass is 15.3. The molecule has 0 bridgehead atoms. The number of pyridine rings is 3. The summed E-state index contributed by atoms with van der Waals surface area (Å²) < 4.78 is 0. The number of allylic oxidation sites excluding steroid dienone is 5. The van der Waals surface area contributed by atoms with Crippen LogP contribution in [0.4, 0.5) is 23.1 Å². The van der Waals surface area contributed by atoms with E-state index in [4.69, 9.17) is 19.9 Å². The first-order valence-electron chi connectivity index (χ1n) is 18.0. The van der Waals surface area contributed by atoms with Crippen LogP contribution >= 0.6 is 0 Å². The van der Waals surface area contributed by atoms with Gasteiger partial charge in [0.25, 0.3) is 0 Å². The van der Waals surface area contributed by atoms with Crippen LogP contribution < -0.4 is 9.80 Å². The molecule has 1 aliphatic carbocycles. The van der Waals surface area contributed by atoms with E-state index in [-0.39, 0.29) is 22.9 Å². The lowest BCUT2D eigenvalue weighted by molar-refractivity contribution is 0.371. The minimum absolute atomic E-state index is 0.0343. The lowest BCUT2D eigenvalue weighted by atomic mass is 9.76. The molecule has 50 heavy (non-hydrogen) atoms. The summed E-state index contributed by atoms with van der Waals surface area (Å²) in [7, 11) is 0. The quantitative estimate of drug-likeness (QED) is 0.178. The van der Waals surface area contributed by atoms with E-state index < -0.39 is 0 Å². The minimum Gasteiger partial charge on any atom is -0.303 e. The van der Waals surface area contributed by atoms with Crippen LogP contribution in [0, 0.1) is 18.8 Å². The smallest absolute Gasteiger partial charge is 0.138 e. The van der Waals surface area contributed by atoms with E-state index in [1.165, 1.54) is 28.0 Å². The van der Waals surface area contributed by atoms with Crippen LogP contribution in [-0.4, -0.2) is 27.3 Å². The Morgan fingerprint density at radius 1 is 0.740 bits per heavy atom. The predicted octanol–water partition coefficient (Wildman–Crippen LogP) is 11.1. The summed E-state index contributed by atoms with van der Waals surface area (Å²) in [6.45, 7) is 20.1. The van der Waals surface area contributed by atoms with Gasteiger partial charge in [-0.15, -0.1) is 0 Å². The van der Waals surface area contributed by atoms with Crippen LogP contribution in [0.2, 0.25) is 0 Å². The molecule has 0 N–H and O–H groups in total. The molecule has 0 saturated carbocycles. The number of aromatic nitrogens is 3. The first kappa shape index (κ1) is 35.0. The Labute approximate surface area is 299 Å². The highest BCUT2D eigenvalue weighted by Gasteiger charge is 2.28. The largest absolute Gasteiger partial charge is 0.303 e. The van der Waals surface area contributed by atoms with Crippen LogP contribution in [0.25, 0.3) is 5.57 Å².